The first kappa shape index (κ1) is 32.7. The summed E-state index contributed by atoms with van der Waals surface area (Å²) in [7, 11) is 0. The molecule has 43 heavy (non-hydrogen) atoms. The summed E-state index contributed by atoms with van der Waals surface area (Å²) < 4.78 is 6.49. The molecule has 2 atom stereocenters. The first-order valence-electron chi connectivity index (χ1n) is 14.5. The third-order valence-electron chi connectivity index (χ3n) is 7.38. The highest BCUT2D eigenvalue weighted by molar-refractivity contribution is 14.1. The Morgan fingerprint density at radius 3 is 2.51 bits per heavy atom. The number of aliphatic carboxylic acids is 1. The number of nitrogens with one attached hydrogen (secondary N) is 3. The number of carboxylic acids is 1. The van der Waals surface area contributed by atoms with Gasteiger partial charge in [0.15, 0.2) is 0 Å². The van der Waals surface area contributed by atoms with Crippen LogP contribution in [0.3, 0.4) is 0 Å². The molecule has 2 amide bonds. The largest absolute Gasteiger partial charge is 0.480 e. The van der Waals surface area contributed by atoms with Gasteiger partial charge in [-0.15, -0.1) is 0 Å². The van der Waals surface area contributed by atoms with E-state index in [1.54, 1.807) is 20.8 Å². The van der Waals surface area contributed by atoms with Gasteiger partial charge in [-0.2, -0.15) is 0 Å². The molecule has 1 fully saturated rings. The molecule has 232 valence electrons. The van der Waals surface area contributed by atoms with Crippen molar-refractivity contribution in [3.05, 3.63) is 57.3 Å². The van der Waals surface area contributed by atoms with E-state index < -0.39 is 35.7 Å². The summed E-state index contributed by atoms with van der Waals surface area (Å²) in [6.07, 6.45) is 1.12. The molecule has 1 aliphatic rings. The number of aromatic amines is 1. The van der Waals surface area contributed by atoms with Crippen molar-refractivity contribution in [1.29, 1.82) is 0 Å². The monoisotopic (exact) mass is 704 g/mol. The summed E-state index contributed by atoms with van der Waals surface area (Å²) in [5.41, 5.74) is 6.73. The van der Waals surface area contributed by atoms with Crippen LogP contribution in [0, 0.1) is 9.12 Å². The summed E-state index contributed by atoms with van der Waals surface area (Å²) >= 11 is 2.31. The van der Waals surface area contributed by atoms with Crippen molar-refractivity contribution < 1.29 is 29.3 Å². The SMILES string of the molecule is CC(C)(CO)Cc1c(I)[nH]c2ccc(-c3cccc(C[C@H](NC(=O)OC(C)(C)C)C(=O)N4CCC[C@@H](C(=O)O)N4)c3)cc12. The minimum atomic E-state index is -1.03. The molecule has 10 nitrogen and oxygen atoms in total. The van der Waals surface area contributed by atoms with Gasteiger partial charge >= 0.3 is 12.1 Å². The number of nitrogens with zero attached hydrogens (tertiary/aromatic N) is 1. The average molecular weight is 705 g/mol. The summed E-state index contributed by atoms with van der Waals surface area (Å²) in [5.74, 6) is -1.46. The number of hydrogen-bond donors (Lipinski definition) is 5. The number of hydrogen-bond acceptors (Lipinski definition) is 6. The van der Waals surface area contributed by atoms with E-state index in [2.05, 4.69) is 44.4 Å². The van der Waals surface area contributed by atoms with Crippen LogP contribution in [0.5, 0.6) is 0 Å². The van der Waals surface area contributed by atoms with Crippen LogP contribution in [0.2, 0.25) is 0 Å². The molecule has 0 aliphatic carbocycles. The number of aromatic nitrogens is 1. The summed E-state index contributed by atoms with van der Waals surface area (Å²) in [5, 5.41) is 24.4. The van der Waals surface area contributed by atoms with E-state index in [0.717, 1.165) is 43.3 Å². The fourth-order valence-electron chi connectivity index (χ4n) is 5.18. The number of hydrazine groups is 1. The standard InChI is InChI=1S/C32H41IN4O6/c1-31(2,3)43-30(42)35-26(28(39)37-13-7-10-25(36-37)29(40)41)15-19-8-6-9-20(14-19)21-11-12-24-22(16-21)23(27(33)34-24)17-32(4,5)18-38/h6,8-9,11-12,14,16,25-26,34,36,38H,7,10,13,15,17-18H2,1-5H3,(H,35,42)(H,40,41)/t25-,26-/m0/s1. The van der Waals surface area contributed by atoms with Crippen LogP contribution in [0.15, 0.2) is 42.5 Å². The van der Waals surface area contributed by atoms with Crippen molar-refractivity contribution in [1.82, 2.24) is 20.7 Å². The highest BCUT2D eigenvalue weighted by Crippen LogP contribution is 2.33. The van der Waals surface area contributed by atoms with Crippen molar-refractivity contribution in [2.24, 2.45) is 5.41 Å². The second kappa shape index (κ2) is 13.2. The van der Waals surface area contributed by atoms with Crippen LogP contribution in [0.25, 0.3) is 22.0 Å². The predicted molar refractivity (Wildman–Crippen MR) is 173 cm³/mol. The molecular formula is C32H41IN4O6. The molecule has 0 radical (unpaired) electrons. The molecule has 0 unspecified atom stereocenters. The van der Waals surface area contributed by atoms with Crippen molar-refractivity contribution >= 4 is 51.5 Å². The van der Waals surface area contributed by atoms with Gasteiger partial charge in [0.05, 0.1) is 3.70 Å². The van der Waals surface area contributed by atoms with Crippen molar-refractivity contribution in [3.63, 3.8) is 0 Å². The number of carbonyl (C=O) groups is 3. The Bertz CT molecular complexity index is 1490. The number of alkyl carbamates (subject to hydrolysis) is 1. The number of amides is 2. The maximum absolute atomic E-state index is 13.6. The van der Waals surface area contributed by atoms with Gasteiger partial charge in [-0.1, -0.05) is 44.2 Å². The van der Waals surface area contributed by atoms with Crippen LogP contribution in [0.4, 0.5) is 4.79 Å². The zero-order valence-corrected chi connectivity index (χ0v) is 27.4. The molecule has 2 aromatic carbocycles. The van der Waals surface area contributed by atoms with E-state index in [1.165, 1.54) is 5.01 Å². The number of rotatable bonds is 9. The number of aliphatic hydroxyl groups excluding tert-OH is 1. The van der Waals surface area contributed by atoms with E-state index in [1.807, 2.05) is 50.2 Å². The van der Waals surface area contributed by atoms with E-state index in [4.69, 9.17) is 4.74 Å². The second-order valence-corrected chi connectivity index (χ2v) is 14.0. The number of aliphatic hydroxyl groups is 1. The Morgan fingerprint density at radius 1 is 1.12 bits per heavy atom. The number of ether oxygens (including phenoxy) is 1. The molecule has 1 aromatic heterocycles. The number of benzene rings is 2. The molecule has 0 saturated carbocycles. The highest BCUT2D eigenvalue weighted by atomic mass is 127. The maximum atomic E-state index is 13.6. The zero-order chi connectivity index (χ0) is 31.5. The van der Waals surface area contributed by atoms with Gasteiger partial charge in [-0.05, 0) is 102 Å². The Morgan fingerprint density at radius 2 is 1.84 bits per heavy atom. The lowest BCUT2D eigenvalue weighted by atomic mass is 9.86. The molecule has 3 aromatic rings. The summed E-state index contributed by atoms with van der Waals surface area (Å²) in [6.45, 7) is 9.73. The number of H-pyrrole nitrogens is 1. The fourth-order valence-corrected chi connectivity index (χ4v) is 5.95. The van der Waals surface area contributed by atoms with Gasteiger partial charge < -0.3 is 25.3 Å². The van der Waals surface area contributed by atoms with E-state index in [0.29, 0.717) is 19.4 Å². The average Bonchev–Trinajstić information content (AvgIpc) is 3.24. The van der Waals surface area contributed by atoms with E-state index in [9.17, 15) is 24.6 Å². The quantitative estimate of drug-likeness (QED) is 0.197. The molecule has 5 N–H and O–H groups in total. The maximum Gasteiger partial charge on any atom is 0.408 e. The molecule has 0 bridgehead atoms. The Balaban J connectivity index is 1.62. The van der Waals surface area contributed by atoms with Gasteiger partial charge in [-0.3, -0.25) is 14.6 Å². The zero-order valence-electron chi connectivity index (χ0n) is 25.3. The van der Waals surface area contributed by atoms with Crippen LogP contribution in [0.1, 0.15) is 58.6 Å². The first-order valence-corrected chi connectivity index (χ1v) is 15.5. The molecular weight excluding hydrogens is 663 g/mol. The van der Waals surface area contributed by atoms with E-state index >= 15 is 0 Å². The van der Waals surface area contributed by atoms with Gasteiger partial charge in [-0.25, -0.2) is 10.2 Å². The Labute approximate surface area is 265 Å². The molecule has 1 saturated heterocycles. The van der Waals surface area contributed by atoms with Gasteiger partial charge in [0.25, 0.3) is 5.91 Å². The lowest BCUT2D eigenvalue weighted by Crippen LogP contribution is -2.60. The van der Waals surface area contributed by atoms with Gasteiger partial charge in [0.2, 0.25) is 0 Å². The van der Waals surface area contributed by atoms with Crippen LogP contribution < -0.4 is 10.7 Å². The Hall–Kier alpha value is -3.16. The lowest BCUT2D eigenvalue weighted by molar-refractivity contribution is -0.147. The minimum Gasteiger partial charge on any atom is -0.480 e. The van der Waals surface area contributed by atoms with E-state index in [-0.39, 0.29) is 18.4 Å². The molecule has 2 heterocycles. The summed E-state index contributed by atoms with van der Waals surface area (Å²) in [4.78, 5) is 41.4. The minimum absolute atomic E-state index is 0.0820. The molecule has 0 spiro atoms. The number of halogens is 1. The van der Waals surface area contributed by atoms with Crippen molar-refractivity contribution in [2.75, 3.05) is 13.2 Å². The second-order valence-electron chi connectivity index (χ2n) is 12.9. The fraction of sp³-hybridized carbons (Fsp3) is 0.469. The van der Waals surface area contributed by atoms with Gasteiger partial charge in [0.1, 0.15) is 17.7 Å². The molecule has 11 heteroatoms. The topological polar surface area (TPSA) is 144 Å². The van der Waals surface area contributed by atoms with Crippen molar-refractivity contribution in [2.45, 2.75) is 78.0 Å². The highest BCUT2D eigenvalue weighted by Gasteiger charge is 2.33. The summed E-state index contributed by atoms with van der Waals surface area (Å²) in [6, 6.07) is 12.2. The third kappa shape index (κ3) is 8.48. The number of carbonyl (C=O) groups excluding carboxylic acids is 2. The first-order chi connectivity index (χ1) is 20.2. The normalized spacial score (nSPS) is 16.6. The van der Waals surface area contributed by atoms with Crippen LogP contribution >= 0.6 is 22.6 Å². The van der Waals surface area contributed by atoms with Crippen LogP contribution in [-0.2, 0) is 27.2 Å². The number of fused-ring (bicyclic) bond motifs is 1. The van der Waals surface area contributed by atoms with Crippen LogP contribution in [-0.4, -0.2) is 69.0 Å². The third-order valence-corrected chi connectivity index (χ3v) is 8.30. The molecule has 1 aliphatic heterocycles. The van der Waals surface area contributed by atoms with Crippen molar-refractivity contribution in [3.8, 4) is 11.1 Å². The molecule has 4 rings (SSSR count). The Kier molecular flexibility index (Phi) is 10.1. The predicted octanol–water partition coefficient (Wildman–Crippen LogP) is 5.02. The lowest BCUT2D eigenvalue weighted by Gasteiger charge is -2.34. The van der Waals surface area contributed by atoms with Gasteiger partial charge in [0, 0.05) is 30.5 Å². The smallest absolute Gasteiger partial charge is 0.408 e. The number of carboxylic acid groups (broad SMARTS) is 1.